The third-order valence-electron chi connectivity index (χ3n) is 5.03. The number of carbonyl (C=O) groups excluding carboxylic acids is 1. The summed E-state index contributed by atoms with van der Waals surface area (Å²) in [6, 6.07) is 0. The molecule has 0 aliphatic rings. The van der Waals surface area contributed by atoms with Crippen molar-refractivity contribution in [2.75, 3.05) is 13.6 Å². The van der Waals surface area contributed by atoms with Crippen molar-refractivity contribution in [1.29, 1.82) is 0 Å². The molecular formula is C17H31N3O2. The van der Waals surface area contributed by atoms with E-state index in [1.807, 2.05) is 27.7 Å². The van der Waals surface area contributed by atoms with Crippen LogP contribution >= 0.6 is 0 Å². The van der Waals surface area contributed by atoms with Crippen molar-refractivity contribution in [2.45, 2.75) is 72.4 Å². The first-order valence-electron chi connectivity index (χ1n) is 8.07. The molecule has 5 heteroatoms. The van der Waals surface area contributed by atoms with Gasteiger partial charge in [0.05, 0.1) is 5.54 Å². The maximum Gasteiger partial charge on any atom is 0.274 e. The summed E-state index contributed by atoms with van der Waals surface area (Å²) >= 11 is 0. The molecule has 1 rings (SSSR count). The van der Waals surface area contributed by atoms with Crippen molar-refractivity contribution in [2.24, 2.45) is 0 Å². The molecule has 0 bridgehead atoms. The Hall–Kier alpha value is -1.36. The predicted molar refractivity (Wildman–Crippen MR) is 89.2 cm³/mol. The highest BCUT2D eigenvalue weighted by Gasteiger charge is 2.41. The van der Waals surface area contributed by atoms with E-state index in [-0.39, 0.29) is 11.4 Å². The summed E-state index contributed by atoms with van der Waals surface area (Å²) in [5.74, 6) is 0.592. The van der Waals surface area contributed by atoms with Crippen molar-refractivity contribution >= 4 is 5.91 Å². The minimum atomic E-state index is -0.411. The second-order valence-electron chi connectivity index (χ2n) is 6.99. The lowest BCUT2D eigenvalue weighted by Gasteiger charge is -2.48. The molecule has 1 aromatic rings. The molecule has 5 nitrogen and oxygen atoms in total. The van der Waals surface area contributed by atoms with Crippen molar-refractivity contribution in [3.8, 4) is 0 Å². The van der Waals surface area contributed by atoms with Gasteiger partial charge in [-0.2, -0.15) is 0 Å². The Morgan fingerprint density at radius 3 is 2.32 bits per heavy atom. The highest BCUT2D eigenvalue weighted by atomic mass is 16.5. The predicted octanol–water partition coefficient (Wildman–Crippen LogP) is 3.17. The molecule has 1 aromatic heterocycles. The first kappa shape index (κ1) is 18.7. The van der Waals surface area contributed by atoms with E-state index in [0.717, 1.165) is 30.7 Å². The van der Waals surface area contributed by atoms with E-state index in [0.29, 0.717) is 5.69 Å². The molecule has 0 atom stereocenters. The maximum atomic E-state index is 12.6. The highest BCUT2D eigenvalue weighted by Crippen LogP contribution is 2.28. The SMILES string of the molecule is CCCN(C)C(C)(C)C(C)(C)NC(=O)c1noc(CC)c1C. The molecule has 0 saturated carbocycles. The van der Waals surface area contributed by atoms with Gasteiger partial charge in [0.15, 0.2) is 5.69 Å². The Balaban J connectivity index is 2.95. The molecule has 0 saturated heterocycles. The Bertz CT molecular complexity index is 518. The molecule has 0 radical (unpaired) electrons. The standard InChI is InChI=1S/C17H31N3O2/c1-9-11-20(8)17(6,7)16(4,5)18-15(21)14-12(3)13(10-2)22-19-14/h9-11H2,1-8H3,(H,18,21). The van der Waals surface area contributed by atoms with E-state index in [4.69, 9.17) is 4.52 Å². The van der Waals surface area contributed by atoms with E-state index in [2.05, 4.69) is 43.2 Å². The number of likely N-dealkylation sites (N-methyl/N-ethyl adjacent to an activating group) is 1. The van der Waals surface area contributed by atoms with Crippen molar-refractivity contribution < 1.29 is 9.32 Å². The fourth-order valence-corrected chi connectivity index (χ4v) is 2.50. The Labute approximate surface area is 134 Å². The second kappa shape index (κ2) is 6.82. The number of hydrogen-bond donors (Lipinski definition) is 1. The van der Waals surface area contributed by atoms with Crippen molar-refractivity contribution in [1.82, 2.24) is 15.4 Å². The minimum absolute atomic E-state index is 0.177. The number of hydrogen-bond acceptors (Lipinski definition) is 4. The lowest BCUT2D eigenvalue weighted by Crippen LogP contribution is -2.64. The van der Waals surface area contributed by atoms with Gasteiger partial charge in [-0.15, -0.1) is 0 Å². The minimum Gasteiger partial charge on any atom is -0.360 e. The Morgan fingerprint density at radius 2 is 1.86 bits per heavy atom. The number of amides is 1. The zero-order chi connectivity index (χ0) is 17.1. The Kier molecular flexibility index (Phi) is 5.79. The molecule has 1 heterocycles. The average molecular weight is 309 g/mol. The fraction of sp³-hybridized carbons (Fsp3) is 0.765. The van der Waals surface area contributed by atoms with E-state index < -0.39 is 5.54 Å². The fourth-order valence-electron chi connectivity index (χ4n) is 2.50. The van der Waals surface area contributed by atoms with Gasteiger partial charge in [-0.05, 0) is 54.6 Å². The zero-order valence-electron chi connectivity index (χ0n) is 15.3. The van der Waals surface area contributed by atoms with E-state index in [1.54, 1.807) is 0 Å². The molecule has 1 amide bonds. The third-order valence-corrected chi connectivity index (χ3v) is 5.03. The third kappa shape index (κ3) is 3.51. The normalized spacial score (nSPS) is 12.8. The molecule has 1 N–H and O–H groups in total. The van der Waals surface area contributed by atoms with Crippen LogP contribution in [-0.4, -0.2) is 40.6 Å². The molecule has 0 aromatic carbocycles. The topological polar surface area (TPSA) is 58.4 Å². The summed E-state index contributed by atoms with van der Waals surface area (Å²) in [6.07, 6.45) is 1.81. The van der Waals surface area contributed by atoms with Crippen LogP contribution in [0.5, 0.6) is 0 Å². The number of aryl methyl sites for hydroxylation is 1. The van der Waals surface area contributed by atoms with Gasteiger partial charge in [0.2, 0.25) is 0 Å². The van der Waals surface area contributed by atoms with E-state index in [1.165, 1.54) is 0 Å². The summed E-state index contributed by atoms with van der Waals surface area (Å²) in [4.78, 5) is 14.9. The molecule has 22 heavy (non-hydrogen) atoms. The smallest absolute Gasteiger partial charge is 0.274 e. The lowest BCUT2D eigenvalue weighted by molar-refractivity contribution is 0.0522. The molecule has 0 unspecified atom stereocenters. The van der Waals surface area contributed by atoms with Gasteiger partial charge in [-0.1, -0.05) is 19.0 Å². The first-order chi connectivity index (χ1) is 10.1. The summed E-state index contributed by atoms with van der Waals surface area (Å²) in [6.45, 7) is 15.4. The van der Waals surface area contributed by atoms with Crippen LogP contribution in [0.1, 0.15) is 69.8 Å². The quantitative estimate of drug-likeness (QED) is 0.840. The van der Waals surface area contributed by atoms with Crippen LogP contribution in [0, 0.1) is 6.92 Å². The highest BCUT2D eigenvalue weighted by molar-refractivity contribution is 5.94. The summed E-state index contributed by atoms with van der Waals surface area (Å²) in [5, 5.41) is 7.06. The van der Waals surface area contributed by atoms with Gasteiger partial charge in [-0.3, -0.25) is 9.69 Å². The first-order valence-corrected chi connectivity index (χ1v) is 8.07. The number of rotatable bonds is 7. The van der Waals surface area contributed by atoms with Crippen LogP contribution in [0.3, 0.4) is 0 Å². The van der Waals surface area contributed by atoms with Crippen LogP contribution in [-0.2, 0) is 6.42 Å². The van der Waals surface area contributed by atoms with E-state index >= 15 is 0 Å². The van der Waals surface area contributed by atoms with Crippen LogP contribution in [0.4, 0.5) is 0 Å². The average Bonchev–Trinajstić information content (AvgIpc) is 2.79. The van der Waals surface area contributed by atoms with Crippen molar-refractivity contribution in [3.63, 3.8) is 0 Å². The van der Waals surface area contributed by atoms with Gasteiger partial charge in [0, 0.05) is 17.5 Å². The summed E-state index contributed by atoms with van der Waals surface area (Å²) in [7, 11) is 2.09. The van der Waals surface area contributed by atoms with Crippen molar-refractivity contribution in [3.05, 3.63) is 17.0 Å². The number of aromatic nitrogens is 1. The molecule has 0 aliphatic heterocycles. The van der Waals surface area contributed by atoms with Crippen LogP contribution in [0.25, 0.3) is 0 Å². The molecule has 0 spiro atoms. The Morgan fingerprint density at radius 1 is 1.27 bits per heavy atom. The van der Waals surface area contributed by atoms with Gasteiger partial charge in [0.1, 0.15) is 5.76 Å². The van der Waals surface area contributed by atoms with Crippen LogP contribution < -0.4 is 5.32 Å². The van der Waals surface area contributed by atoms with Crippen LogP contribution in [0.15, 0.2) is 4.52 Å². The molecule has 126 valence electrons. The largest absolute Gasteiger partial charge is 0.360 e. The van der Waals surface area contributed by atoms with Gasteiger partial charge >= 0.3 is 0 Å². The summed E-state index contributed by atoms with van der Waals surface area (Å²) < 4.78 is 5.23. The maximum absolute atomic E-state index is 12.6. The summed E-state index contributed by atoms with van der Waals surface area (Å²) in [5.41, 5.74) is 0.616. The number of nitrogens with zero attached hydrogens (tertiary/aromatic N) is 2. The molecule has 0 aliphatic carbocycles. The molecular weight excluding hydrogens is 278 g/mol. The zero-order valence-corrected chi connectivity index (χ0v) is 15.3. The molecule has 0 fully saturated rings. The van der Waals surface area contributed by atoms with Gasteiger partial charge in [0.25, 0.3) is 5.91 Å². The number of nitrogens with one attached hydrogen (secondary N) is 1. The monoisotopic (exact) mass is 309 g/mol. The lowest BCUT2D eigenvalue weighted by atomic mass is 9.81. The number of carbonyl (C=O) groups is 1. The van der Waals surface area contributed by atoms with Crippen LogP contribution in [0.2, 0.25) is 0 Å². The van der Waals surface area contributed by atoms with E-state index in [9.17, 15) is 4.79 Å². The second-order valence-corrected chi connectivity index (χ2v) is 6.99. The van der Waals surface area contributed by atoms with Gasteiger partial charge in [-0.25, -0.2) is 0 Å². The van der Waals surface area contributed by atoms with Gasteiger partial charge < -0.3 is 9.84 Å².